The predicted octanol–water partition coefficient (Wildman–Crippen LogP) is 7.68. The molecule has 2 aromatic carbocycles. The van der Waals surface area contributed by atoms with Crippen molar-refractivity contribution in [3.05, 3.63) is 93.6 Å². The zero-order valence-electron chi connectivity index (χ0n) is 20.5. The van der Waals surface area contributed by atoms with E-state index in [-0.39, 0.29) is 29.2 Å². The molecule has 0 saturated carbocycles. The number of rotatable bonds is 7. The Kier molecular flexibility index (Phi) is 7.80. The van der Waals surface area contributed by atoms with E-state index in [4.69, 9.17) is 9.47 Å². The average molecular weight is 535 g/mol. The first-order valence-electron chi connectivity index (χ1n) is 11.8. The number of halogens is 6. The Morgan fingerprint density at radius 1 is 0.947 bits per heavy atom. The van der Waals surface area contributed by atoms with Gasteiger partial charge in [0, 0.05) is 17.2 Å². The van der Waals surface area contributed by atoms with Crippen LogP contribution in [-0.2, 0) is 17.5 Å². The minimum Gasteiger partial charge on any atom is -0.488 e. The molecule has 10 heteroatoms. The van der Waals surface area contributed by atoms with Crippen molar-refractivity contribution >= 4 is 17.1 Å². The number of aromatic nitrogens is 1. The molecule has 0 bridgehead atoms. The van der Waals surface area contributed by atoms with Crippen molar-refractivity contribution in [2.24, 2.45) is 0 Å². The van der Waals surface area contributed by atoms with Crippen LogP contribution in [0.15, 0.2) is 42.5 Å². The van der Waals surface area contributed by atoms with Crippen LogP contribution in [0.2, 0.25) is 0 Å². The van der Waals surface area contributed by atoms with Crippen LogP contribution in [0.1, 0.15) is 64.6 Å². The van der Waals surface area contributed by atoms with Crippen molar-refractivity contribution in [2.75, 3.05) is 6.61 Å². The van der Waals surface area contributed by atoms with E-state index in [0.29, 0.717) is 53.8 Å². The lowest BCUT2D eigenvalue weighted by Gasteiger charge is -2.17. The fourth-order valence-corrected chi connectivity index (χ4v) is 4.32. The maximum atomic E-state index is 14.1. The zero-order valence-corrected chi connectivity index (χ0v) is 20.5. The Hall–Kier alpha value is -3.82. The Morgan fingerprint density at radius 3 is 2.37 bits per heavy atom. The number of esters is 1. The molecule has 0 amide bonds. The lowest BCUT2D eigenvalue weighted by Crippen LogP contribution is -2.10. The minimum atomic E-state index is -4.64. The molecule has 0 aliphatic heterocycles. The molecule has 38 heavy (non-hydrogen) atoms. The summed E-state index contributed by atoms with van der Waals surface area (Å²) in [7, 11) is 0. The molecular formula is C28H23F6NO3. The number of ether oxygens (including phenoxy) is 2. The number of hydrogen-bond donors (Lipinski definition) is 0. The first-order valence-corrected chi connectivity index (χ1v) is 11.8. The maximum absolute atomic E-state index is 14.1. The molecule has 0 unspecified atom stereocenters. The van der Waals surface area contributed by atoms with E-state index in [2.05, 4.69) is 4.98 Å². The first-order chi connectivity index (χ1) is 18.0. The number of pyridine rings is 1. The highest BCUT2D eigenvalue weighted by atomic mass is 19.4. The summed E-state index contributed by atoms with van der Waals surface area (Å²) in [5.41, 5.74) is 1.19. The summed E-state index contributed by atoms with van der Waals surface area (Å²) in [5.74, 6) is -4.29. The smallest absolute Gasteiger partial charge is 0.416 e. The highest BCUT2D eigenvalue weighted by Crippen LogP contribution is 2.44. The van der Waals surface area contributed by atoms with E-state index in [1.165, 1.54) is 0 Å². The van der Waals surface area contributed by atoms with Gasteiger partial charge in [0.1, 0.15) is 18.2 Å². The average Bonchev–Trinajstić information content (AvgIpc) is 3.35. The molecule has 1 aliphatic carbocycles. The van der Waals surface area contributed by atoms with E-state index >= 15 is 0 Å². The van der Waals surface area contributed by atoms with E-state index in [9.17, 15) is 31.1 Å². The summed E-state index contributed by atoms with van der Waals surface area (Å²) in [6.07, 6.45) is -3.14. The molecule has 1 aliphatic rings. The Bertz CT molecular complexity index is 1410. The molecule has 4 nitrogen and oxygen atoms in total. The van der Waals surface area contributed by atoms with Gasteiger partial charge in [-0.1, -0.05) is 6.07 Å². The van der Waals surface area contributed by atoms with Crippen LogP contribution in [0.25, 0.3) is 11.1 Å². The van der Waals surface area contributed by atoms with Gasteiger partial charge < -0.3 is 9.47 Å². The molecule has 0 fully saturated rings. The van der Waals surface area contributed by atoms with E-state index < -0.39 is 41.8 Å². The highest BCUT2D eigenvalue weighted by Gasteiger charge is 2.33. The molecule has 0 N–H and O–H groups in total. The van der Waals surface area contributed by atoms with Gasteiger partial charge in [0.2, 0.25) is 0 Å². The normalized spacial score (nSPS) is 13.7. The Morgan fingerprint density at radius 2 is 1.66 bits per heavy atom. The van der Waals surface area contributed by atoms with Crippen molar-refractivity contribution in [3.63, 3.8) is 0 Å². The van der Waals surface area contributed by atoms with Crippen LogP contribution in [0, 0.1) is 24.4 Å². The van der Waals surface area contributed by atoms with Gasteiger partial charge in [-0.2, -0.15) is 13.2 Å². The first kappa shape index (κ1) is 27.2. The minimum absolute atomic E-state index is 0.00858. The topological polar surface area (TPSA) is 48.4 Å². The predicted molar refractivity (Wildman–Crippen MR) is 128 cm³/mol. The van der Waals surface area contributed by atoms with Crippen LogP contribution in [0.5, 0.6) is 5.75 Å². The summed E-state index contributed by atoms with van der Waals surface area (Å²) in [6.45, 7) is 2.97. The number of hydrogen-bond acceptors (Lipinski definition) is 4. The van der Waals surface area contributed by atoms with E-state index in [0.717, 1.165) is 18.2 Å². The molecule has 4 rings (SSSR count). The number of nitrogens with zero attached hydrogens (tertiary/aromatic N) is 1. The third-order valence-corrected chi connectivity index (χ3v) is 6.20. The second-order valence-corrected chi connectivity index (χ2v) is 8.75. The molecule has 3 aromatic rings. The molecule has 200 valence electrons. The van der Waals surface area contributed by atoms with Gasteiger partial charge in [-0.25, -0.2) is 22.9 Å². The van der Waals surface area contributed by atoms with Gasteiger partial charge in [0.15, 0.2) is 17.3 Å². The molecule has 0 saturated heterocycles. The Labute approximate surface area is 214 Å². The summed E-state index contributed by atoms with van der Waals surface area (Å²) in [6, 6.07) is 7.28. The monoisotopic (exact) mass is 535 g/mol. The number of allylic oxidation sites excluding steroid dienone is 2. The van der Waals surface area contributed by atoms with Gasteiger partial charge in [0.25, 0.3) is 0 Å². The van der Waals surface area contributed by atoms with Crippen molar-refractivity contribution in [1.29, 1.82) is 0 Å². The van der Waals surface area contributed by atoms with Crippen LogP contribution < -0.4 is 4.74 Å². The highest BCUT2D eigenvalue weighted by molar-refractivity contribution is 5.95. The van der Waals surface area contributed by atoms with Gasteiger partial charge >= 0.3 is 12.1 Å². The van der Waals surface area contributed by atoms with E-state index in [1.54, 1.807) is 26.0 Å². The van der Waals surface area contributed by atoms with Crippen molar-refractivity contribution in [2.45, 2.75) is 45.9 Å². The fraction of sp³-hybridized carbons (Fsp3) is 0.286. The van der Waals surface area contributed by atoms with Gasteiger partial charge in [-0.3, -0.25) is 0 Å². The second kappa shape index (κ2) is 10.9. The van der Waals surface area contributed by atoms with Gasteiger partial charge in [0.05, 0.1) is 17.9 Å². The van der Waals surface area contributed by atoms with Crippen LogP contribution in [-0.4, -0.2) is 17.6 Å². The second-order valence-electron chi connectivity index (χ2n) is 8.75. The van der Waals surface area contributed by atoms with Crippen LogP contribution in [0.4, 0.5) is 26.3 Å². The molecule has 0 radical (unpaired) electrons. The molecule has 0 spiro atoms. The third kappa shape index (κ3) is 5.69. The largest absolute Gasteiger partial charge is 0.488 e. The van der Waals surface area contributed by atoms with Gasteiger partial charge in [-0.05, 0) is 80.2 Å². The number of carbonyl (C=O) groups excluding carboxylic acids is 1. The van der Waals surface area contributed by atoms with Crippen LogP contribution >= 0.6 is 0 Å². The Balaban J connectivity index is 1.79. The zero-order chi connectivity index (χ0) is 27.6. The lowest BCUT2D eigenvalue weighted by molar-refractivity contribution is -0.137. The summed E-state index contributed by atoms with van der Waals surface area (Å²) in [4.78, 5) is 16.8. The number of aryl methyl sites for hydroxylation is 1. The summed E-state index contributed by atoms with van der Waals surface area (Å²) < 4.78 is 92.6. The maximum Gasteiger partial charge on any atom is 0.416 e. The number of benzene rings is 2. The van der Waals surface area contributed by atoms with Crippen molar-refractivity contribution < 1.29 is 40.6 Å². The van der Waals surface area contributed by atoms with Crippen molar-refractivity contribution in [3.8, 4) is 5.75 Å². The SMILES string of the molecule is CCOC(=O)c1nc(C2=C(c3cc(C(F)(F)F)ccc3OCc3cc(F)c(F)cc3F)CCC2)ccc1C. The van der Waals surface area contributed by atoms with Gasteiger partial charge in [-0.15, -0.1) is 0 Å². The van der Waals surface area contributed by atoms with Crippen molar-refractivity contribution in [1.82, 2.24) is 4.98 Å². The molecule has 0 atom stereocenters. The standard InChI is InChI=1S/C28H23F6NO3/c1-3-37-27(36)26-15(2)7-9-24(35-26)19-6-4-5-18(19)20-12-17(28(32,33)34)8-10-25(20)38-14-16-11-22(30)23(31)13-21(16)29/h7-13H,3-6,14H2,1-2H3. The molecule has 1 heterocycles. The van der Waals surface area contributed by atoms with Crippen LogP contribution in [0.3, 0.4) is 0 Å². The summed E-state index contributed by atoms with van der Waals surface area (Å²) >= 11 is 0. The molecule has 1 aromatic heterocycles. The number of carbonyl (C=O) groups is 1. The quantitative estimate of drug-likeness (QED) is 0.177. The lowest BCUT2D eigenvalue weighted by atomic mass is 9.96. The molecular weight excluding hydrogens is 512 g/mol. The van der Waals surface area contributed by atoms with E-state index in [1.807, 2.05) is 0 Å². The number of alkyl halides is 3. The third-order valence-electron chi connectivity index (χ3n) is 6.20. The summed E-state index contributed by atoms with van der Waals surface area (Å²) in [5, 5.41) is 0. The fourth-order valence-electron chi connectivity index (χ4n) is 4.32.